The molecule has 3 rings (SSSR count). The van der Waals surface area contributed by atoms with Crippen molar-refractivity contribution in [3.8, 4) is 0 Å². The molecule has 0 bridgehead atoms. The first-order valence-electron chi connectivity index (χ1n) is 6.34. The zero-order chi connectivity index (χ0) is 12.8. The number of rotatable bonds is 0. The molecule has 0 spiro atoms. The normalized spacial score (nSPS) is 12.2. The average molecular weight is 235 g/mol. The number of pyridine rings is 1. The number of hydrogen-bond donors (Lipinski definition) is 0. The van der Waals surface area contributed by atoms with Gasteiger partial charge in [0, 0.05) is 17.0 Å². The molecule has 1 nitrogen and oxygen atoms in total. The average Bonchev–Trinajstić information content (AvgIpc) is 2.36. The number of fused-ring (bicyclic) bond motifs is 3. The zero-order valence-corrected chi connectivity index (χ0v) is 11.1. The van der Waals surface area contributed by atoms with E-state index in [-0.39, 0.29) is 5.41 Å². The molecule has 1 heterocycles. The Kier molecular flexibility index (Phi) is 2.37. The number of hydrogen-bond acceptors (Lipinski definition) is 1. The summed E-state index contributed by atoms with van der Waals surface area (Å²) in [6, 6.07) is 15.0. The van der Waals surface area contributed by atoms with E-state index in [1.54, 1.807) is 0 Å². The first kappa shape index (κ1) is 11.2. The lowest BCUT2D eigenvalue weighted by atomic mass is 9.84. The Labute approximate surface area is 107 Å². The second-order valence-corrected chi connectivity index (χ2v) is 5.79. The van der Waals surface area contributed by atoms with Gasteiger partial charge in [0.15, 0.2) is 0 Å². The molecule has 0 saturated heterocycles. The van der Waals surface area contributed by atoms with Crippen molar-refractivity contribution in [1.29, 1.82) is 0 Å². The lowest BCUT2D eigenvalue weighted by Crippen LogP contribution is -2.11. The largest absolute Gasteiger partial charge is 0.256 e. The molecular formula is C17H17N. The van der Waals surface area contributed by atoms with Gasteiger partial charge < -0.3 is 0 Å². The van der Waals surface area contributed by atoms with E-state index in [0.717, 1.165) is 5.52 Å². The highest BCUT2D eigenvalue weighted by Crippen LogP contribution is 2.32. The molecule has 0 N–H and O–H groups in total. The molecule has 3 aromatic rings. The smallest absolute Gasteiger partial charge is 0.0783 e. The summed E-state index contributed by atoms with van der Waals surface area (Å²) in [7, 11) is 0. The number of nitrogens with zero attached hydrogens (tertiary/aromatic N) is 1. The van der Waals surface area contributed by atoms with E-state index in [1.165, 1.54) is 21.7 Å². The van der Waals surface area contributed by atoms with Gasteiger partial charge in [0.1, 0.15) is 0 Å². The van der Waals surface area contributed by atoms with E-state index in [0.29, 0.717) is 0 Å². The van der Waals surface area contributed by atoms with Crippen molar-refractivity contribution < 1.29 is 0 Å². The molecule has 0 fully saturated rings. The van der Waals surface area contributed by atoms with Crippen molar-refractivity contribution in [2.45, 2.75) is 26.2 Å². The lowest BCUT2D eigenvalue weighted by molar-refractivity contribution is 0.595. The fourth-order valence-electron chi connectivity index (χ4n) is 2.54. The van der Waals surface area contributed by atoms with Crippen LogP contribution in [0.1, 0.15) is 26.3 Å². The van der Waals surface area contributed by atoms with Crippen molar-refractivity contribution in [3.63, 3.8) is 0 Å². The molecule has 0 amide bonds. The van der Waals surface area contributed by atoms with Gasteiger partial charge in [-0.3, -0.25) is 4.98 Å². The van der Waals surface area contributed by atoms with Crippen LogP contribution in [0.2, 0.25) is 0 Å². The molecule has 1 aromatic heterocycles. The lowest BCUT2D eigenvalue weighted by Gasteiger charge is -2.21. The summed E-state index contributed by atoms with van der Waals surface area (Å²) in [6.45, 7) is 6.74. The van der Waals surface area contributed by atoms with Crippen LogP contribution in [0.5, 0.6) is 0 Å². The van der Waals surface area contributed by atoms with Gasteiger partial charge in [0.2, 0.25) is 0 Å². The minimum Gasteiger partial charge on any atom is -0.256 e. The number of benzene rings is 2. The fourth-order valence-corrected chi connectivity index (χ4v) is 2.54. The Balaban J connectivity index is 2.48. The van der Waals surface area contributed by atoms with Crippen molar-refractivity contribution in [1.82, 2.24) is 4.98 Å². The summed E-state index contributed by atoms with van der Waals surface area (Å²) < 4.78 is 0. The highest BCUT2D eigenvalue weighted by atomic mass is 14.7. The van der Waals surface area contributed by atoms with E-state index in [2.05, 4.69) is 68.2 Å². The van der Waals surface area contributed by atoms with Gasteiger partial charge >= 0.3 is 0 Å². The van der Waals surface area contributed by atoms with Gasteiger partial charge in [0.05, 0.1) is 5.52 Å². The first-order valence-corrected chi connectivity index (χ1v) is 6.34. The first-order chi connectivity index (χ1) is 8.57. The van der Waals surface area contributed by atoms with Crippen LogP contribution in [0.25, 0.3) is 21.7 Å². The van der Waals surface area contributed by atoms with Gasteiger partial charge in [-0.2, -0.15) is 0 Å². The second kappa shape index (κ2) is 3.81. The summed E-state index contributed by atoms with van der Waals surface area (Å²) in [6.07, 6.45) is 1.93. The minimum atomic E-state index is 0.143. The van der Waals surface area contributed by atoms with E-state index in [4.69, 9.17) is 0 Å². The molecule has 90 valence electrons. The van der Waals surface area contributed by atoms with Crippen molar-refractivity contribution in [2.24, 2.45) is 0 Å². The highest BCUT2D eigenvalue weighted by molar-refractivity contribution is 6.06. The monoisotopic (exact) mass is 235 g/mol. The Hall–Kier alpha value is -1.89. The van der Waals surface area contributed by atoms with Crippen LogP contribution < -0.4 is 0 Å². The van der Waals surface area contributed by atoms with Crippen LogP contribution in [0.15, 0.2) is 48.7 Å². The summed E-state index contributed by atoms with van der Waals surface area (Å²) in [5, 5.41) is 3.76. The molecule has 0 atom stereocenters. The van der Waals surface area contributed by atoms with E-state index >= 15 is 0 Å². The zero-order valence-electron chi connectivity index (χ0n) is 11.1. The topological polar surface area (TPSA) is 12.9 Å². The molecule has 0 unspecified atom stereocenters. The van der Waals surface area contributed by atoms with Crippen LogP contribution >= 0.6 is 0 Å². The van der Waals surface area contributed by atoms with E-state index in [1.807, 2.05) is 6.20 Å². The molecule has 1 heteroatoms. The van der Waals surface area contributed by atoms with E-state index < -0.39 is 0 Å². The fraction of sp³-hybridized carbons (Fsp3) is 0.235. The molecule has 0 aliphatic heterocycles. The highest BCUT2D eigenvalue weighted by Gasteiger charge is 2.17. The van der Waals surface area contributed by atoms with Crippen molar-refractivity contribution >= 4 is 21.7 Å². The SMILES string of the molecule is CC(C)(C)c1ccnc2c1ccc1ccccc12. The van der Waals surface area contributed by atoms with Gasteiger partial charge in [-0.1, -0.05) is 57.2 Å². The van der Waals surface area contributed by atoms with Crippen LogP contribution in [0.4, 0.5) is 0 Å². The maximum Gasteiger partial charge on any atom is 0.0783 e. The quantitative estimate of drug-likeness (QED) is 0.515. The maximum absolute atomic E-state index is 4.58. The molecule has 2 aromatic carbocycles. The van der Waals surface area contributed by atoms with Crippen LogP contribution in [0.3, 0.4) is 0 Å². The summed E-state index contributed by atoms with van der Waals surface area (Å²) in [4.78, 5) is 4.58. The summed E-state index contributed by atoms with van der Waals surface area (Å²) in [5.41, 5.74) is 2.61. The molecule has 0 aliphatic carbocycles. The Morgan fingerprint density at radius 1 is 0.833 bits per heavy atom. The Bertz CT molecular complexity index is 720. The van der Waals surface area contributed by atoms with Gasteiger partial charge in [-0.15, -0.1) is 0 Å². The van der Waals surface area contributed by atoms with Gasteiger partial charge in [-0.05, 0) is 22.4 Å². The second-order valence-electron chi connectivity index (χ2n) is 5.79. The third-order valence-corrected chi connectivity index (χ3v) is 3.44. The summed E-state index contributed by atoms with van der Waals surface area (Å²) >= 11 is 0. The van der Waals surface area contributed by atoms with Crippen LogP contribution in [-0.2, 0) is 5.41 Å². The third-order valence-electron chi connectivity index (χ3n) is 3.44. The van der Waals surface area contributed by atoms with Crippen LogP contribution in [-0.4, -0.2) is 4.98 Å². The van der Waals surface area contributed by atoms with Crippen molar-refractivity contribution in [3.05, 3.63) is 54.2 Å². The predicted octanol–water partition coefficient (Wildman–Crippen LogP) is 4.69. The molecule has 0 aliphatic rings. The molecular weight excluding hydrogens is 218 g/mol. The van der Waals surface area contributed by atoms with Gasteiger partial charge in [0.25, 0.3) is 0 Å². The molecule has 0 radical (unpaired) electrons. The standard InChI is InChI=1S/C17H17N/c1-17(2,3)15-10-11-18-16-13-7-5-4-6-12(13)8-9-14(15)16/h4-11H,1-3H3. The summed E-state index contributed by atoms with van der Waals surface area (Å²) in [5.74, 6) is 0. The van der Waals surface area contributed by atoms with E-state index in [9.17, 15) is 0 Å². The Morgan fingerprint density at radius 3 is 2.39 bits per heavy atom. The Morgan fingerprint density at radius 2 is 1.61 bits per heavy atom. The third kappa shape index (κ3) is 1.67. The van der Waals surface area contributed by atoms with Crippen LogP contribution in [0, 0.1) is 0 Å². The van der Waals surface area contributed by atoms with Crippen molar-refractivity contribution in [2.75, 3.05) is 0 Å². The predicted molar refractivity (Wildman–Crippen MR) is 77.9 cm³/mol. The molecule has 18 heavy (non-hydrogen) atoms. The number of aromatic nitrogens is 1. The van der Waals surface area contributed by atoms with Gasteiger partial charge in [-0.25, -0.2) is 0 Å². The minimum absolute atomic E-state index is 0.143. The maximum atomic E-state index is 4.58. The molecule has 0 saturated carbocycles.